The SMILES string of the molecule is CSc1cccc(Nc2cc(Br)ccc2F)c1C(N)=S. The highest BCUT2D eigenvalue weighted by atomic mass is 79.9. The van der Waals surface area contributed by atoms with Crippen molar-refractivity contribution in [1.82, 2.24) is 0 Å². The van der Waals surface area contributed by atoms with Crippen molar-refractivity contribution in [3.05, 3.63) is 52.3 Å². The predicted octanol–water partition coefficient (Wildman–Crippen LogP) is 4.69. The molecule has 0 aliphatic carbocycles. The van der Waals surface area contributed by atoms with Crippen LogP contribution >= 0.6 is 39.9 Å². The molecule has 0 radical (unpaired) electrons. The Morgan fingerprint density at radius 1 is 1.30 bits per heavy atom. The van der Waals surface area contributed by atoms with Gasteiger partial charge in [-0.2, -0.15) is 0 Å². The zero-order chi connectivity index (χ0) is 14.7. The van der Waals surface area contributed by atoms with E-state index in [1.807, 2.05) is 24.5 Å². The molecule has 0 saturated carbocycles. The van der Waals surface area contributed by atoms with Crippen molar-refractivity contribution in [2.45, 2.75) is 4.90 Å². The summed E-state index contributed by atoms with van der Waals surface area (Å²) >= 11 is 9.97. The average molecular weight is 371 g/mol. The number of nitrogens with one attached hydrogen (secondary N) is 1. The van der Waals surface area contributed by atoms with Crippen molar-refractivity contribution in [3.8, 4) is 0 Å². The van der Waals surface area contributed by atoms with Crippen molar-refractivity contribution in [1.29, 1.82) is 0 Å². The minimum atomic E-state index is -0.336. The number of benzene rings is 2. The van der Waals surface area contributed by atoms with Crippen LogP contribution in [0.4, 0.5) is 15.8 Å². The number of hydrogen-bond donors (Lipinski definition) is 2. The molecule has 0 spiro atoms. The van der Waals surface area contributed by atoms with Gasteiger partial charge in [0, 0.05) is 20.6 Å². The monoisotopic (exact) mass is 370 g/mol. The van der Waals surface area contributed by atoms with Crippen LogP contribution in [-0.2, 0) is 0 Å². The van der Waals surface area contributed by atoms with Gasteiger partial charge in [-0.05, 0) is 36.6 Å². The maximum atomic E-state index is 13.8. The molecule has 2 rings (SSSR count). The molecule has 2 aromatic carbocycles. The van der Waals surface area contributed by atoms with Gasteiger partial charge in [0.05, 0.1) is 5.69 Å². The third-order valence-electron chi connectivity index (χ3n) is 2.69. The van der Waals surface area contributed by atoms with Crippen molar-refractivity contribution < 1.29 is 4.39 Å². The fraction of sp³-hybridized carbons (Fsp3) is 0.0714. The number of nitrogens with two attached hydrogens (primary N) is 1. The van der Waals surface area contributed by atoms with Gasteiger partial charge in [-0.1, -0.05) is 34.2 Å². The number of halogens is 2. The molecule has 3 N–H and O–H groups in total. The number of thioether (sulfide) groups is 1. The van der Waals surface area contributed by atoms with Crippen LogP contribution in [0.25, 0.3) is 0 Å². The molecule has 0 bridgehead atoms. The van der Waals surface area contributed by atoms with Crippen LogP contribution in [0.3, 0.4) is 0 Å². The van der Waals surface area contributed by atoms with Gasteiger partial charge in [-0.25, -0.2) is 4.39 Å². The van der Waals surface area contributed by atoms with Crippen LogP contribution in [0.15, 0.2) is 45.8 Å². The van der Waals surface area contributed by atoms with Crippen molar-refractivity contribution in [2.24, 2.45) is 5.73 Å². The highest BCUT2D eigenvalue weighted by Gasteiger charge is 2.12. The Morgan fingerprint density at radius 2 is 2.05 bits per heavy atom. The van der Waals surface area contributed by atoms with E-state index >= 15 is 0 Å². The van der Waals surface area contributed by atoms with Crippen molar-refractivity contribution in [3.63, 3.8) is 0 Å². The van der Waals surface area contributed by atoms with Gasteiger partial charge >= 0.3 is 0 Å². The lowest BCUT2D eigenvalue weighted by Gasteiger charge is -2.15. The maximum absolute atomic E-state index is 13.8. The molecule has 104 valence electrons. The molecule has 2 aromatic rings. The summed E-state index contributed by atoms with van der Waals surface area (Å²) in [5.74, 6) is -0.336. The van der Waals surface area contributed by atoms with Gasteiger partial charge in [-0.15, -0.1) is 11.8 Å². The van der Waals surface area contributed by atoms with E-state index in [4.69, 9.17) is 18.0 Å². The molecule has 0 amide bonds. The van der Waals surface area contributed by atoms with Crippen LogP contribution in [0.1, 0.15) is 5.56 Å². The van der Waals surface area contributed by atoms with E-state index in [1.165, 1.54) is 6.07 Å². The minimum Gasteiger partial charge on any atom is -0.389 e. The summed E-state index contributed by atoms with van der Waals surface area (Å²) in [6.45, 7) is 0. The lowest BCUT2D eigenvalue weighted by atomic mass is 10.1. The fourth-order valence-corrected chi connectivity index (χ4v) is 3.08. The molecule has 2 nitrogen and oxygen atoms in total. The second-order valence-electron chi connectivity index (χ2n) is 4.00. The van der Waals surface area contributed by atoms with Crippen LogP contribution < -0.4 is 11.1 Å². The molecule has 0 atom stereocenters. The Hall–Kier alpha value is -1.11. The summed E-state index contributed by atoms with van der Waals surface area (Å²) in [5, 5.41) is 3.05. The van der Waals surface area contributed by atoms with Gasteiger partial charge in [-0.3, -0.25) is 0 Å². The fourth-order valence-electron chi connectivity index (χ4n) is 1.80. The predicted molar refractivity (Wildman–Crippen MR) is 91.5 cm³/mol. The minimum absolute atomic E-state index is 0.285. The number of anilines is 2. The molecular formula is C14H12BrFN2S2. The summed E-state index contributed by atoms with van der Waals surface area (Å²) < 4.78 is 14.6. The second-order valence-corrected chi connectivity index (χ2v) is 6.20. The van der Waals surface area contributed by atoms with Crippen LogP contribution in [-0.4, -0.2) is 11.2 Å². The molecule has 20 heavy (non-hydrogen) atoms. The maximum Gasteiger partial charge on any atom is 0.146 e. The third kappa shape index (κ3) is 3.31. The molecule has 0 aromatic heterocycles. The first-order valence-electron chi connectivity index (χ1n) is 5.72. The summed E-state index contributed by atoms with van der Waals surface area (Å²) in [5.41, 5.74) is 7.58. The summed E-state index contributed by atoms with van der Waals surface area (Å²) in [7, 11) is 0. The Balaban J connectivity index is 2.48. The van der Waals surface area contributed by atoms with Gasteiger partial charge in [0.15, 0.2) is 0 Å². The first kappa shape index (κ1) is 15.3. The average Bonchev–Trinajstić information content (AvgIpc) is 2.42. The number of thiocarbonyl (C=S) groups is 1. The van der Waals surface area contributed by atoms with E-state index in [9.17, 15) is 4.39 Å². The van der Waals surface area contributed by atoms with Crippen LogP contribution in [0.2, 0.25) is 0 Å². The lowest BCUT2D eigenvalue weighted by molar-refractivity contribution is 0.631. The van der Waals surface area contributed by atoms with E-state index in [0.717, 1.165) is 14.9 Å². The van der Waals surface area contributed by atoms with Crippen molar-refractivity contribution >= 4 is 56.3 Å². The summed E-state index contributed by atoms with van der Waals surface area (Å²) in [4.78, 5) is 1.24. The van der Waals surface area contributed by atoms with Crippen molar-refractivity contribution in [2.75, 3.05) is 11.6 Å². The molecule has 0 fully saturated rings. The number of hydrogen-bond acceptors (Lipinski definition) is 3. The van der Waals surface area contributed by atoms with Gasteiger partial charge in [0.2, 0.25) is 0 Å². The molecule has 0 heterocycles. The first-order valence-corrected chi connectivity index (χ1v) is 8.14. The second kappa shape index (κ2) is 6.56. The van der Waals surface area contributed by atoms with E-state index in [0.29, 0.717) is 11.4 Å². The van der Waals surface area contributed by atoms with Gasteiger partial charge in [0.1, 0.15) is 10.8 Å². The Bertz CT molecular complexity index is 662. The van der Waals surface area contributed by atoms with E-state index in [1.54, 1.807) is 23.9 Å². The van der Waals surface area contributed by atoms with E-state index < -0.39 is 0 Å². The molecule has 0 saturated heterocycles. The third-order valence-corrected chi connectivity index (χ3v) is 4.17. The summed E-state index contributed by atoms with van der Waals surface area (Å²) in [6.07, 6.45) is 1.95. The number of rotatable bonds is 4. The Morgan fingerprint density at radius 3 is 2.70 bits per heavy atom. The topological polar surface area (TPSA) is 38.0 Å². The highest BCUT2D eigenvalue weighted by molar-refractivity contribution is 9.10. The highest BCUT2D eigenvalue weighted by Crippen LogP contribution is 2.31. The molecule has 0 unspecified atom stereocenters. The van der Waals surface area contributed by atoms with E-state index in [2.05, 4.69) is 21.2 Å². The van der Waals surface area contributed by atoms with E-state index in [-0.39, 0.29) is 10.8 Å². The zero-order valence-electron chi connectivity index (χ0n) is 10.6. The normalized spacial score (nSPS) is 10.3. The first-order chi connectivity index (χ1) is 9.52. The summed E-state index contributed by atoms with van der Waals surface area (Å²) in [6, 6.07) is 10.4. The molecule has 6 heteroatoms. The molecule has 0 aliphatic rings. The quantitative estimate of drug-likeness (QED) is 0.604. The molecule has 0 aliphatic heterocycles. The van der Waals surface area contributed by atoms with Gasteiger partial charge in [0.25, 0.3) is 0 Å². The Kier molecular flexibility index (Phi) is 5.01. The standard InChI is InChI=1S/C14H12BrFN2S2/c1-20-12-4-2-3-10(13(12)14(17)19)18-11-7-8(15)5-6-9(11)16/h2-7,18H,1H3,(H2,17,19). The van der Waals surface area contributed by atoms with Crippen LogP contribution in [0, 0.1) is 5.82 Å². The lowest BCUT2D eigenvalue weighted by Crippen LogP contribution is -2.13. The molecular weight excluding hydrogens is 359 g/mol. The van der Waals surface area contributed by atoms with Crippen LogP contribution in [0.5, 0.6) is 0 Å². The Labute approximate surface area is 135 Å². The largest absolute Gasteiger partial charge is 0.389 e. The van der Waals surface area contributed by atoms with Gasteiger partial charge < -0.3 is 11.1 Å². The zero-order valence-corrected chi connectivity index (χ0v) is 13.8. The smallest absolute Gasteiger partial charge is 0.146 e.